The van der Waals surface area contributed by atoms with Gasteiger partial charge in [0.25, 0.3) is 5.91 Å². The average molecular weight is 722 g/mol. The molecular weight excluding hydrogens is 704 g/mol. The van der Waals surface area contributed by atoms with Crippen LogP contribution in [0.5, 0.6) is 0 Å². The van der Waals surface area contributed by atoms with Crippen LogP contribution in [0.25, 0.3) is 0 Å². The van der Waals surface area contributed by atoms with Gasteiger partial charge < -0.3 is 4.90 Å². The minimum atomic E-state index is -6.68. The molecule has 3 aromatic rings. The second-order valence-electron chi connectivity index (χ2n) is 9.45. The van der Waals surface area contributed by atoms with Crippen molar-refractivity contribution in [3.63, 3.8) is 0 Å². The van der Waals surface area contributed by atoms with Crippen LogP contribution in [-0.2, 0) is 28.1 Å². The van der Waals surface area contributed by atoms with Crippen LogP contribution in [0.1, 0.15) is 37.4 Å². The molecule has 238 valence electrons. The summed E-state index contributed by atoms with van der Waals surface area (Å²) in [6, 6.07) is 8.93. The molecule has 1 amide bonds. The molecule has 0 spiro atoms. The topological polar surface area (TPSA) is 71.5 Å². The van der Waals surface area contributed by atoms with Gasteiger partial charge in [0.1, 0.15) is 0 Å². The number of halogens is 11. The van der Waals surface area contributed by atoms with Crippen LogP contribution in [0.3, 0.4) is 0 Å². The zero-order chi connectivity index (χ0) is 33.6. The first-order valence-corrected chi connectivity index (χ1v) is 14.5. The van der Waals surface area contributed by atoms with E-state index in [2.05, 4.69) is 15.9 Å². The summed E-state index contributed by atoms with van der Waals surface area (Å²) in [5.41, 5.74) is -11.9. The minimum Gasteiger partial charge on any atom is -0.311 e. The Hall–Kier alpha value is -3.47. The standard InChI is InChI=1S/C27H18BrF10NO4S/c1-39(23(41)14-6-8-18(9-7-14)44(2,42)43)17-5-3-4-15(10-17)22(40)13-19-20(25(30,31)32)11-16(12-21(19)28)24(29,26(33,34)35)27(36,37)38/h3-12H,13H2,1-2H3. The first kappa shape index (κ1) is 35.0. The molecule has 0 bridgehead atoms. The molecule has 3 rings (SSSR count). The average Bonchev–Trinajstić information content (AvgIpc) is 2.90. The van der Waals surface area contributed by atoms with Crippen LogP contribution >= 0.6 is 15.9 Å². The van der Waals surface area contributed by atoms with Gasteiger partial charge in [-0.1, -0.05) is 28.1 Å². The lowest BCUT2D eigenvalue weighted by atomic mass is 9.89. The number of nitrogens with zero attached hydrogens (tertiary/aromatic N) is 1. The van der Waals surface area contributed by atoms with E-state index >= 15 is 0 Å². The lowest BCUT2D eigenvalue weighted by Crippen LogP contribution is -2.50. The number of amides is 1. The van der Waals surface area contributed by atoms with Gasteiger partial charge in [-0.3, -0.25) is 9.59 Å². The minimum absolute atomic E-state index is 0.0390. The van der Waals surface area contributed by atoms with Crippen LogP contribution in [-0.4, -0.2) is 45.8 Å². The molecule has 5 nitrogen and oxygen atoms in total. The summed E-state index contributed by atoms with van der Waals surface area (Å²) in [5.74, 6) is -1.75. The number of carbonyl (C=O) groups is 2. The van der Waals surface area contributed by atoms with E-state index in [-0.39, 0.29) is 27.8 Å². The highest BCUT2D eigenvalue weighted by Crippen LogP contribution is 2.54. The monoisotopic (exact) mass is 721 g/mol. The molecule has 0 radical (unpaired) electrons. The van der Waals surface area contributed by atoms with Crippen LogP contribution in [0, 0.1) is 0 Å². The molecule has 0 unspecified atom stereocenters. The molecule has 0 atom stereocenters. The molecule has 0 aliphatic heterocycles. The van der Waals surface area contributed by atoms with Crippen molar-refractivity contribution in [3.05, 3.63) is 93.0 Å². The van der Waals surface area contributed by atoms with Crippen molar-refractivity contribution >= 4 is 43.1 Å². The fraction of sp³-hybridized carbons (Fsp3) is 0.259. The Morgan fingerprint density at radius 3 is 1.82 bits per heavy atom. The lowest BCUT2D eigenvalue weighted by molar-refractivity contribution is -0.348. The van der Waals surface area contributed by atoms with E-state index in [1.165, 1.54) is 43.4 Å². The quantitative estimate of drug-likeness (QED) is 0.184. The Balaban J connectivity index is 1.99. The van der Waals surface area contributed by atoms with Gasteiger partial charge in [0, 0.05) is 46.6 Å². The number of Topliss-reactive ketones (excluding diaryl/α,β-unsaturated/α-hetero) is 1. The Kier molecular flexibility index (Phi) is 9.39. The number of alkyl halides is 10. The van der Waals surface area contributed by atoms with E-state index in [1.54, 1.807) is 0 Å². The van der Waals surface area contributed by atoms with E-state index < -0.39 is 79.4 Å². The van der Waals surface area contributed by atoms with Gasteiger partial charge in [0.2, 0.25) is 0 Å². The van der Waals surface area contributed by atoms with Crippen LogP contribution in [0.2, 0.25) is 0 Å². The summed E-state index contributed by atoms with van der Waals surface area (Å²) in [6.07, 6.45) is -19.2. The predicted octanol–water partition coefficient (Wildman–Crippen LogP) is 7.86. The van der Waals surface area contributed by atoms with E-state index in [0.717, 1.165) is 23.3 Å². The molecule has 0 aliphatic carbocycles. The molecule has 0 saturated carbocycles. The number of ketones is 1. The summed E-state index contributed by atoms with van der Waals surface area (Å²) in [4.78, 5) is 26.9. The summed E-state index contributed by atoms with van der Waals surface area (Å²) >= 11 is 2.47. The van der Waals surface area contributed by atoms with E-state index in [9.17, 15) is 61.9 Å². The molecule has 17 heteroatoms. The second-order valence-corrected chi connectivity index (χ2v) is 12.3. The zero-order valence-corrected chi connectivity index (χ0v) is 24.5. The fourth-order valence-corrected chi connectivity index (χ4v) is 5.29. The van der Waals surface area contributed by atoms with Gasteiger partial charge in [-0.2, -0.15) is 39.5 Å². The third-order valence-electron chi connectivity index (χ3n) is 6.41. The van der Waals surface area contributed by atoms with Crippen LogP contribution in [0.15, 0.2) is 70.0 Å². The molecule has 0 aromatic heterocycles. The van der Waals surface area contributed by atoms with E-state index in [1.807, 2.05) is 0 Å². The van der Waals surface area contributed by atoms with Crippen LogP contribution < -0.4 is 4.90 Å². The van der Waals surface area contributed by atoms with E-state index in [0.29, 0.717) is 0 Å². The molecule has 0 fully saturated rings. The number of anilines is 1. The maximum absolute atomic E-state index is 14.6. The van der Waals surface area contributed by atoms with Gasteiger partial charge in [-0.15, -0.1) is 0 Å². The third-order valence-corrected chi connectivity index (χ3v) is 8.24. The number of sulfone groups is 1. The second kappa shape index (κ2) is 11.8. The van der Waals surface area contributed by atoms with Crippen molar-refractivity contribution in [2.45, 2.75) is 35.5 Å². The van der Waals surface area contributed by atoms with Gasteiger partial charge >= 0.3 is 24.2 Å². The summed E-state index contributed by atoms with van der Waals surface area (Å²) in [5, 5.41) is 0. The summed E-state index contributed by atoms with van der Waals surface area (Å²) < 4.78 is 158. The van der Waals surface area contributed by atoms with Crippen molar-refractivity contribution in [1.29, 1.82) is 0 Å². The maximum atomic E-state index is 14.6. The number of carbonyl (C=O) groups excluding carboxylic acids is 2. The lowest BCUT2D eigenvalue weighted by Gasteiger charge is -2.31. The van der Waals surface area contributed by atoms with Crippen molar-refractivity contribution in [2.24, 2.45) is 0 Å². The van der Waals surface area contributed by atoms with Crippen molar-refractivity contribution in [3.8, 4) is 0 Å². The van der Waals surface area contributed by atoms with Gasteiger partial charge in [0.05, 0.1) is 10.5 Å². The predicted molar refractivity (Wildman–Crippen MR) is 141 cm³/mol. The SMILES string of the molecule is CN(C(=O)c1ccc(S(C)(=O)=O)cc1)c1cccc(C(=O)Cc2c(Br)cc(C(F)(C(F)(F)F)C(F)(F)F)cc2C(F)(F)F)c1. The Morgan fingerprint density at radius 2 is 1.34 bits per heavy atom. The van der Waals surface area contributed by atoms with E-state index in [4.69, 9.17) is 0 Å². The first-order valence-electron chi connectivity index (χ1n) is 11.8. The Morgan fingerprint density at radius 1 is 0.795 bits per heavy atom. The molecule has 0 heterocycles. The molecule has 0 N–H and O–H groups in total. The summed E-state index contributed by atoms with van der Waals surface area (Å²) in [6.45, 7) is 0. The fourth-order valence-electron chi connectivity index (χ4n) is 4.06. The number of rotatable bonds is 7. The highest BCUT2D eigenvalue weighted by Gasteiger charge is 2.73. The molecule has 0 saturated heterocycles. The molecule has 3 aromatic carbocycles. The zero-order valence-electron chi connectivity index (χ0n) is 22.1. The normalized spacial score (nSPS) is 13.1. The van der Waals surface area contributed by atoms with Gasteiger partial charge in [-0.25, -0.2) is 12.8 Å². The molecule has 44 heavy (non-hydrogen) atoms. The largest absolute Gasteiger partial charge is 0.435 e. The highest BCUT2D eigenvalue weighted by atomic mass is 79.9. The molecule has 0 aliphatic rings. The van der Waals surface area contributed by atoms with Crippen molar-refractivity contribution in [1.82, 2.24) is 0 Å². The number of benzene rings is 3. The first-order chi connectivity index (χ1) is 19.9. The Labute approximate surface area is 251 Å². The van der Waals surface area contributed by atoms with Gasteiger partial charge in [0.15, 0.2) is 15.6 Å². The highest BCUT2D eigenvalue weighted by molar-refractivity contribution is 9.10. The third kappa shape index (κ3) is 6.92. The van der Waals surface area contributed by atoms with Crippen molar-refractivity contribution in [2.75, 3.05) is 18.2 Å². The van der Waals surface area contributed by atoms with Crippen molar-refractivity contribution < 1.29 is 61.9 Å². The van der Waals surface area contributed by atoms with Gasteiger partial charge in [-0.05, 0) is 54.1 Å². The number of hydrogen-bond donors (Lipinski definition) is 0. The number of hydrogen-bond acceptors (Lipinski definition) is 4. The molecular formula is C27H18BrF10NO4S. The summed E-state index contributed by atoms with van der Waals surface area (Å²) in [7, 11) is -2.28. The maximum Gasteiger partial charge on any atom is 0.435 e. The van der Waals surface area contributed by atoms with Crippen LogP contribution in [0.4, 0.5) is 49.6 Å². The Bertz CT molecular complexity index is 1690. The smallest absolute Gasteiger partial charge is 0.311 e.